The molecule has 82 valence electrons. The molecule has 0 spiro atoms. The van der Waals surface area contributed by atoms with Gasteiger partial charge in [-0.05, 0) is 25.7 Å². The Morgan fingerprint density at radius 2 is 2.33 bits per heavy atom. The average molecular weight is 209 g/mol. The zero-order chi connectivity index (χ0) is 11.0. The van der Waals surface area contributed by atoms with Crippen LogP contribution in [0.1, 0.15) is 48.3 Å². The number of carbonyl (C=O) groups is 1. The van der Waals surface area contributed by atoms with Gasteiger partial charge in [0.25, 0.3) is 0 Å². The molecule has 0 aromatic carbocycles. The van der Waals surface area contributed by atoms with Gasteiger partial charge >= 0.3 is 5.97 Å². The van der Waals surface area contributed by atoms with Crippen molar-refractivity contribution < 1.29 is 9.90 Å². The number of nitrogen functional groups attached to an aromatic ring is 1. The average Bonchev–Trinajstić information content (AvgIpc) is 2.41. The Labute approximate surface area is 87.9 Å². The summed E-state index contributed by atoms with van der Waals surface area (Å²) in [5.74, 6) is -0.462. The molecular formula is C10H15N3O2. The third-order valence-corrected chi connectivity index (χ3v) is 3.03. The Bertz CT molecular complexity index is 394. The van der Waals surface area contributed by atoms with E-state index in [0.29, 0.717) is 23.8 Å². The molecule has 3 N–H and O–H groups in total. The Balaban J connectivity index is 2.43. The highest BCUT2D eigenvalue weighted by Crippen LogP contribution is 2.34. The molecule has 0 atom stereocenters. The monoisotopic (exact) mass is 209 g/mol. The molecule has 15 heavy (non-hydrogen) atoms. The SMILES string of the molecule is CCc1c(C(=O)O)nn(C2CCC2)c1N. The maximum absolute atomic E-state index is 10.9. The van der Waals surface area contributed by atoms with Crippen LogP contribution in [0.4, 0.5) is 5.82 Å². The van der Waals surface area contributed by atoms with Gasteiger partial charge in [-0.25, -0.2) is 9.48 Å². The number of hydrogen-bond acceptors (Lipinski definition) is 3. The molecular weight excluding hydrogens is 194 g/mol. The van der Waals surface area contributed by atoms with E-state index in [1.54, 1.807) is 4.68 Å². The molecule has 1 aromatic heterocycles. The second-order valence-corrected chi connectivity index (χ2v) is 3.90. The smallest absolute Gasteiger partial charge is 0.356 e. The number of nitrogens with zero attached hydrogens (tertiary/aromatic N) is 2. The molecule has 5 heteroatoms. The number of nitrogens with two attached hydrogens (primary N) is 1. The van der Waals surface area contributed by atoms with Crippen molar-refractivity contribution in [3.05, 3.63) is 11.3 Å². The maximum Gasteiger partial charge on any atom is 0.356 e. The lowest BCUT2D eigenvalue weighted by Crippen LogP contribution is -2.20. The number of aromatic nitrogens is 2. The number of rotatable bonds is 3. The minimum atomic E-state index is -0.989. The van der Waals surface area contributed by atoms with Crippen molar-refractivity contribution in [2.24, 2.45) is 0 Å². The minimum Gasteiger partial charge on any atom is -0.476 e. The highest BCUT2D eigenvalue weighted by Gasteiger charge is 2.27. The van der Waals surface area contributed by atoms with E-state index in [1.807, 2.05) is 6.92 Å². The lowest BCUT2D eigenvalue weighted by molar-refractivity contribution is 0.0687. The van der Waals surface area contributed by atoms with Gasteiger partial charge in [-0.15, -0.1) is 0 Å². The summed E-state index contributed by atoms with van der Waals surface area (Å²) >= 11 is 0. The van der Waals surface area contributed by atoms with E-state index in [0.717, 1.165) is 12.8 Å². The van der Waals surface area contributed by atoms with Crippen molar-refractivity contribution in [2.75, 3.05) is 5.73 Å². The molecule has 1 aliphatic rings. The highest BCUT2D eigenvalue weighted by atomic mass is 16.4. The van der Waals surface area contributed by atoms with Crippen LogP contribution in [0.2, 0.25) is 0 Å². The van der Waals surface area contributed by atoms with Gasteiger partial charge in [-0.2, -0.15) is 5.10 Å². The summed E-state index contributed by atoms with van der Waals surface area (Å²) in [7, 11) is 0. The Hall–Kier alpha value is -1.52. The molecule has 0 radical (unpaired) electrons. The summed E-state index contributed by atoms with van der Waals surface area (Å²) < 4.78 is 1.69. The number of carboxylic acids is 1. The standard InChI is InChI=1S/C10H15N3O2/c1-2-7-8(10(14)15)12-13(9(7)11)6-4-3-5-6/h6H,2-5,11H2,1H3,(H,14,15). The van der Waals surface area contributed by atoms with Crippen LogP contribution in [0, 0.1) is 0 Å². The summed E-state index contributed by atoms with van der Waals surface area (Å²) in [5, 5.41) is 13.1. The molecule has 1 aliphatic carbocycles. The van der Waals surface area contributed by atoms with Crippen LogP contribution in [0.3, 0.4) is 0 Å². The molecule has 2 rings (SSSR count). The van der Waals surface area contributed by atoms with Gasteiger partial charge in [-0.1, -0.05) is 6.92 Å². The van der Waals surface area contributed by atoms with Crippen LogP contribution in [-0.4, -0.2) is 20.9 Å². The summed E-state index contributed by atoms with van der Waals surface area (Å²) in [6.45, 7) is 1.89. The first kappa shape index (κ1) is 10.0. The van der Waals surface area contributed by atoms with E-state index < -0.39 is 5.97 Å². The van der Waals surface area contributed by atoms with Crippen LogP contribution in [0.25, 0.3) is 0 Å². The molecule has 1 aromatic rings. The van der Waals surface area contributed by atoms with Gasteiger partial charge in [0.2, 0.25) is 0 Å². The van der Waals surface area contributed by atoms with Gasteiger partial charge in [-0.3, -0.25) is 0 Å². The molecule has 0 bridgehead atoms. The quantitative estimate of drug-likeness (QED) is 0.789. The lowest BCUT2D eigenvalue weighted by atomic mass is 9.93. The predicted octanol–water partition coefficient (Wildman–Crippen LogP) is 1.45. The zero-order valence-corrected chi connectivity index (χ0v) is 8.73. The Morgan fingerprint density at radius 3 is 2.67 bits per heavy atom. The van der Waals surface area contributed by atoms with E-state index in [2.05, 4.69) is 5.10 Å². The van der Waals surface area contributed by atoms with E-state index in [1.165, 1.54) is 6.42 Å². The van der Waals surface area contributed by atoms with Gasteiger partial charge in [0.05, 0.1) is 6.04 Å². The first-order valence-electron chi connectivity index (χ1n) is 5.25. The summed E-state index contributed by atoms with van der Waals surface area (Å²) in [5.41, 5.74) is 6.67. The van der Waals surface area contributed by atoms with Crippen LogP contribution in [0.5, 0.6) is 0 Å². The number of anilines is 1. The number of aromatic carboxylic acids is 1. The van der Waals surface area contributed by atoms with Gasteiger partial charge < -0.3 is 10.8 Å². The number of carboxylic acid groups (broad SMARTS) is 1. The van der Waals surface area contributed by atoms with E-state index in [-0.39, 0.29) is 5.69 Å². The molecule has 1 fully saturated rings. The van der Waals surface area contributed by atoms with Crippen molar-refractivity contribution in [1.82, 2.24) is 9.78 Å². The fraction of sp³-hybridized carbons (Fsp3) is 0.600. The van der Waals surface area contributed by atoms with Crippen molar-refractivity contribution in [2.45, 2.75) is 38.6 Å². The van der Waals surface area contributed by atoms with Crippen molar-refractivity contribution >= 4 is 11.8 Å². The molecule has 0 aliphatic heterocycles. The van der Waals surface area contributed by atoms with Crippen LogP contribution in [-0.2, 0) is 6.42 Å². The van der Waals surface area contributed by atoms with Crippen LogP contribution < -0.4 is 5.73 Å². The zero-order valence-electron chi connectivity index (χ0n) is 8.73. The van der Waals surface area contributed by atoms with Crippen molar-refractivity contribution in [3.63, 3.8) is 0 Å². The summed E-state index contributed by atoms with van der Waals surface area (Å²) in [6, 6.07) is 0.309. The molecule has 5 nitrogen and oxygen atoms in total. The van der Waals surface area contributed by atoms with Gasteiger partial charge in [0.15, 0.2) is 5.69 Å². The van der Waals surface area contributed by atoms with E-state index in [9.17, 15) is 4.79 Å². The van der Waals surface area contributed by atoms with Crippen molar-refractivity contribution in [1.29, 1.82) is 0 Å². The third kappa shape index (κ3) is 1.48. The van der Waals surface area contributed by atoms with Crippen LogP contribution in [0.15, 0.2) is 0 Å². The molecule has 1 saturated carbocycles. The fourth-order valence-electron chi connectivity index (χ4n) is 1.91. The highest BCUT2D eigenvalue weighted by molar-refractivity contribution is 5.88. The first-order chi connectivity index (χ1) is 7.15. The Morgan fingerprint density at radius 1 is 1.67 bits per heavy atom. The van der Waals surface area contributed by atoms with Gasteiger partial charge in [0, 0.05) is 5.56 Å². The minimum absolute atomic E-state index is 0.113. The number of hydrogen-bond donors (Lipinski definition) is 2. The second kappa shape index (κ2) is 3.56. The topological polar surface area (TPSA) is 81.1 Å². The molecule has 1 heterocycles. The first-order valence-corrected chi connectivity index (χ1v) is 5.25. The molecule has 0 unspecified atom stereocenters. The van der Waals surface area contributed by atoms with E-state index >= 15 is 0 Å². The van der Waals surface area contributed by atoms with Crippen LogP contribution >= 0.6 is 0 Å². The lowest BCUT2D eigenvalue weighted by Gasteiger charge is -2.26. The normalized spacial score (nSPS) is 16.3. The largest absolute Gasteiger partial charge is 0.476 e. The summed E-state index contributed by atoms with van der Waals surface area (Å²) in [4.78, 5) is 10.9. The molecule has 0 amide bonds. The third-order valence-electron chi connectivity index (χ3n) is 3.03. The summed E-state index contributed by atoms with van der Waals surface area (Å²) in [6.07, 6.45) is 3.89. The Kier molecular flexibility index (Phi) is 2.38. The van der Waals surface area contributed by atoms with Crippen molar-refractivity contribution in [3.8, 4) is 0 Å². The van der Waals surface area contributed by atoms with E-state index in [4.69, 9.17) is 10.8 Å². The predicted molar refractivity (Wildman–Crippen MR) is 55.9 cm³/mol. The molecule has 0 saturated heterocycles. The fourth-order valence-corrected chi connectivity index (χ4v) is 1.91. The van der Waals surface area contributed by atoms with Gasteiger partial charge in [0.1, 0.15) is 5.82 Å². The maximum atomic E-state index is 10.9. The second-order valence-electron chi connectivity index (χ2n) is 3.90.